The summed E-state index contributed by atoms with van der Waals surface area (Å²) in [4.78, 5) is 13.5. The molecular weight excluding hydrogens is 224 g/mol. The number of hydrogen-bond acceptors (Lipinski definition) is 2. The van der Waals surface area contributed by atoms with Crippen molar-refractivity contribution in [3.05, 3.63) is 35.4 Å². The van der Waals surface area contributed by atoms with Crippen LogP contribution in [0.4, 0.5) is 0 Å². The van der Waals surface area contributed by atoms with Crippen LogP contribution in [-0.2, 0) is 17.8 Å². The summed E-state index contributed by atoms with van der Waals surface area (Å²) < 4.78 is 0. The molecule has 100 valence electrons. The predicted molar refractivity (Wildman–Crippen MR) is 75.5 cm³/mol. The van der Waals surface area contributed by atoms with E-state index in [4.69, 9.17) is 0 Å². The van der Waals surface area contributed by atoms with Crippen LogP contribution in [0, 0.1) is 0 Å². The maximum absolute atomic E-state index is 11.8. The zero-order chi connectivity index (χ0) is 13.4. The predicted octanol–water partition coefficient (Wildman–Crippen LogP) is 2.21. The molecule has 0 spiro atoms. The minimum absolute atomic E-state index is 0.182. The molecule has 18 heavy (non-hydrogen) atoms. The van der Waals surface area contributed by atoms with Crippen LogP contribution in [0.25, 0.3) is 0 Å². The maximum atomic E-state index is 11.8. The van der Waals surface area contributed by atoms with Crippen LogP contribution in [0.2, 0.25) is 0 Å². The van der Waals surface area contributed by atoms with Gasteiger partial charge in [0, 0.05) is 26.6 Å². The van der Waals surface area contributed by atoms with E-state index in [9.17, 15) is 4.79 Å². The minimum Gasteiger partial charge on any atom is -0.341 e. The fourth-order valence-corrected chi connectivity index (χ4v) is 1.88. The van der Waals surface area contributed by atoms with Crippen molar-refractivity contribution in [1.82, 2.24) is 10.2 Å². The SMILES string of the molecule is CCCc1ccc(CN(C)C(=O)CCNC)cc1. The van der Waals surface area contributed by atoms with Gasteiger partial charge in [-0.1, -0.05) is 37.6 Å². The number of nitrogens with one attached hydrogen (secondary N) is 1. The fourth-order valence-electron chi connectivity index (χ4n) is 1.88. The summed E-state index contributed by atoms with van der Waals surface area (Å²) in [6, 6.07) is 8.55. The van der Waals surface area contributed by atoms with Gasteiger partial charge in [0.25, 0.3) is 0 Å². The van der Waals surface area contributed by atoms with E-state index in [-0.39, 0.29) is 5.91 Å². The third-order valence-electron chi connectivity index (χ3n) is 3.00. The van der Waals surface area contributed by atoms with Gasteiger partial charge < -0.3 is 10.2 Å². The summed E-state index contributed by atoms with van der Waals surface area (Å²) in [5.41, 5.74) is 2.56. The molecule has 0 aliphatic heterocycles. The number of aryl methyl sites for hydroxylation is 1. The lowest BCUT2D eigenvalue weighted by Crippen LogP contribution is -2.28. The molecular formula is C15H24N2O. The Hall–Kier alpha value is -1.35. The molecule has 0 aromatic heterocycles. The lowest BCUT2D eigenvalue weighted by atomic mass is 10.1. The Morgan fingerprint density at radius 2 is 1.83 bits per heavy atom. The summed E-state index contributed by atoms with van der Waals surface area (Å²) in [6.45, 7) is 3.61. The van der Waals surface area contributed by atoms with Crippen molar-refractivity contribution in [2.45, 2.75) is 32.7 Å². The average Bonchev–Trinajstić information content (AvgIpc) is 2.38. The van der Waals surface area contributed by atoms with E-state index in [1.54, 1.807) is 4.90 Å². The topological polar surface area (TPSA) is 32.3 Å². The Morgan fingerprint density at radius 3 is 2.39 bits per heavy atom. The highest BCUT2D eigenvalue weighted by atomic mass is 16.2. The summed E-state index contributed by atoms with van der Waals surface area (Å²) in [5, 5.41) is 2.99. The van der Waals surface area contributed by atoms with Gasteiger partial charge in [0.05, 0.1) is 0 Å². The standard InChI is InChI=1S/C15H24N2O/c1-4-5-13-6-8-14(9-7-13)12-17(3)15(18)10-11-16-2/h6-9,16H,4-5,10-12H2,1-3H3. The molecule has 3 heteroatoms. The highest BCUT2D eigenvalue weighted by Gasteiger charge is 2.08. The second kappa shape index (κ2) is 7.88. The van der Waals surface area contributed by atoms with Gasteiger partial charge in [0.1, 0.15) is 0 Å². The molecule has 0 aliphatic carbocycles. The van der Waals surface area contributed by atoms with Crippen molar-refractivity contribution in [1.29, 1.82) is 0 Å². The highest BCUT2D eigenvalue weighted by molar-refractivity contribution is 5.76. The molecule has 1 aromatic carbocycles. The molecule has 1 rings (SSSR count). The van der Waals surface area contributed by atoms with Crippen molar-refractivity contribution >= 4 is 5.91 Å². The van der Waals surface area contributed by atoms with E-state index in [1.807, 2.05) is 14.1 Å². The van der Waals surface area contributed by atoms with E-state index >= 15 is 0 Å². The molecule has 1 aromatic rings. The van der Waals surface area contributed by atoms with Gasteiger partial charge in [-0.3, -0.25) is 4.79 Å². The molecule has 0 bridgehead atoms. The third kappa shape index (κ3) is 4.88. The molecule has 0 heterocycles. The summed E-state index contributed by atoms with van der Waals surface area (Å²) in [7, 11) is 3.72. The molecule has 1 amide bonds. The number of carbonyl (C=O) groups is 1. The largest absolute Gasteiger partial charge is 0.341 e. The lowest BCUT2D eigenvalue weighted by Gasteiger charge is -2.17. The van der Waals surface area contributed by atoms with Crippen molar-refractivity contribution in [2.24, 2.45) is 0 Å². The number of rotatable bonds is 7. The lowest BCUT2D eigenvalue weighted by molar-refractivity contribution is -0.130. The van der Waals surface area contributed by atoms with E-state index < -0.39 is 0 Å². The van der Waals surface area contributed by atoms with Crippen molar-refractivity contribution in [2.75, 3.05) is 20.6 Å². The highest BCUT2D eigenvalue weighted by Crippen LogP contribution is 2.09. The Morgan fingerprint density at radius 1 is 1.22 bits per heavy atom. The van der Waals surface area contributed by atoms with Gasteiger partial charge in [-0.15, -0.1) is 0 Å². The first-order valence-corrected chi connectivity index (χ1v) is 6.63. The van der Waals surface area contributed by atoms with Crippen LogP contribution in [0.15, 0.2) is 24.3 Å². The fraction of sp³-hybridized carbons (Fsp3) is 0.533. The zero-order valence-electron chi connectivity index (χ0n) is 11.7. The van der Waals surface area contributed by atoms with Gasteiger partial charge in [-0.2, -0.15) is 0 Å². The maximum Gasteiger partial charge on any atom is 0.223 e. The molecule has 0 atom stereocenters. The van der Waals surface area contributed by atoms with Crippen molar-refractivity contribution < 1.29 is 4.79 Å². The van der Waals surface area contributed by atoms with Crippen LogP contribution >= 0.6 is 0 Å². The first kappa shape index (κ1) is 14.7. The number of hydrogen-bond donors (Lipinski definition) is 1. The number of amides is 1. The van der Waals surface area contributed by atoms with E-state index in [0.29, 0.717) is 13.0 Å². The first-order chi connectivity index (χ1) is 8.67. The summed E-state index contributed by atoms with van der Waals surface area (Å²) >= 11 is 0. The zero-order valence-corrected chi connectivity index (χ0v) is 11.7. The van der Waals surface area contributed by atoms with Gasteiger partial charge in [-0.25, -0.2) is 0 Å². The molecule has 0 saturated carbocycles. The van der Waals surface area contributed by atoms with Crippen LogP contribution in [-0.4, -0.2) is 31.4 Å². The number of nitrogens with zero attached hydrogens (tertiary/aromatic N) is 1. The van der Waals surface area contributed by atoms with Crippen molar-refractivity contribution in [3.63, 3.8) is 0 Å². The molecule has 3 nitrogen and oxygen atoms in total. The third-order valence-corrected chi connectivity index (χ3v) is 3.00. The quantitative estimate of drug-likeness (QED) is 0.802. The van der Waals surface area contributed by atoms with Crippen LogP contribution in [0.5, 0.6) is 0 Å². The molecule has 0 fully saturated rings. The molecule has 1 N–H and O–H groups in total. The average molecular weight is 248 g/mol. The first-order valence-electron chi connectivity index (χ1n) is 6.63. The van der Waals surface area contributed by atoms with Gasteiger partial charge in [0.2, 0.25) is 5.91 Å². The monoisotopic (exact) mass is 248 g/mol. The van der Waals surface area contributed by atoms with Crippen LogP contribution in [0.3, 0.4) is 0 Å². The summed E-state index contributed by atoms with van der Waals surface area (Å²) in [6.07, 6.45) is 2.85. The van der Waals surface area contributed by atoms with Crippen LogP contribution in [0.1, 0.15) is 30.9 Å². The van der Waals surface area contributed by atoms with Crippen LogP contribution < -0.4 is 5.32 Å². The van der Waals surface area contributed by atoms with Gasteiger partial charge >= 0.3 is 0 Å². The Bertz CT molecular complexity index is 359. The Balaban J connectivity index is 2.48. The minimum atomic E-state index is 0.182. The van der Waals surface area contributed by atoms with Gasteiger partial charge in [0.15, 0.2) is 0 Å². The second-order valence-corrected chi connectivity index (χ2v) is 4.67. The van der Waals surface area contributed by atoms with E-state index in [2.05, 4.69) is 36.5 Å². The molecule has 0 unspecified atom stereocenters. The normalized spacial score (nSPS) is 10.4. The smallest absolute Gasteiger partial charge is 0.223 e. The van der Waals surface area contributed by atoms with Crippen molar-refractivity contribution in [3.8, 4) is 0 Å². The number of carbonyl (C=O) groups excluding carboxylic acids is 1. The molecule has 0 saturated heterocycles. The van der Waals surface area contributed by atoms with Gasteiger partial charge in [-0.05, 0) is 24.6 Å². The Labute approximate surface area is 110 Å². The van der Waals surface area contributed by atoms with E-state index in [1.165, 1.54) is 17.5 Å². The molecule has 0 aliphatic rings. The van der Waals surface area contributed by atoms with E-state index in [0.717, 1.165) is 13.0 Å². The summed E-state index contributed by atoms with van der Waals surface area (Å²) in [5.74, 6) is 0.182. The second-order valence-electron chi connectivity index (χ2n) is 4.67. The molecule has 0 radical (unpaired) electrons. The number of benzene rings is 1. The Kier molecular flexibility index (Phi) is 6.44.